The Kier molecular flexibility index (Phi) is 4.55. The first kappa shape index (κ1) is 11.1. The van der Waals surface area contributed by atoms with E-state index in [-0.39, 0.29) is 0 Å². The summed E-state index contributed by atoms with van der Waals surface area (Å²) in [4.78, 5) is 4.38. The summed E-state index contributed by atoms with van der Waals surface area (Å²) in [6.07, 6.45) is 4.57. The lowest BCUT2D eigenvalue weighted by Crippen LogP contribution is -2.18. The van der Waals surface area contributed by atoms with Gasteiger partial charge in [0.2, 0.25) is 0 Å². The minimum atomic E-state index is 0.325. The molecule has 0 unspecified atom stereocenters. The first-order valence-corrected chi connectivity index (χ1v) is 5.05. The fourth-order valence-electron chi connectivity index (χ4n) is 1.12. The first-order valence-electron chi connectivity index (χ1n) is 4.64. The number of ether oxygens (including phenoxy) is 1. The van der Waals surface area contributed by atoms with Crippen molar-refractivity contribution >= 4 is 17.2 Å². The van der Waals surface area contributed by atoms with E-state index in [4.69, 9.17) is 22.7 Å². The Morgan fingerprint density at radius 1 is 1.64 bits per heavy atom. The van der Waals surface area contributed by atoms with Gasteiger partial charge in [-0.15, -0.1) is 0 Å². The van der Waals surface area contributed by atoms with Crippen molar-refractivity contribution in [3.8, 4) is 0 Å². The molecular weight excluding hydrogens is 198 g/mol. The van der Waals surface area contributed by atoms with E-state index in [0.717, 1.165) is 19.6 Å². The molecule has 0 aliphatic carbocycles. The molecule has 0 atom stereocenters. The molecule has 0 saturated carbocycles. The van der Waals surface area contributed by atoms with Gasteiger partial charge in [0.25, 0.3) is 0 Å². The predicted molar refractivity (Wildman–Crippen MR) is 59.2 cm³/mol. The van der Waals surface area contributed by atoms with Crippen LogP contribution in [0.25, 0.3) is 0 Å². The van der Waals surface area contributed by atoms with E-state index in [2.05, 4.69) is 11.9 Å². The maximum Gasteiger partial charge on any atom is 0.167 e. The zero-order valence-electron chi connectivity index (χ0n) is 8.27. The summed E-state index contributed by atoms with van der Waals surface area (Å²) >= 11 is 4.86. The van der Waals surface area contributed by atoms with Crippen molar-refractivity contribution in [3.63, 3.8) is 0 Å². The number of rotatable bonds is 6. The molecule has 1 aromatic rings. The van der Waals surface area contributed by atoms with E-state index in [1.807, 2.05) is 10.8 Å². The normalized spacial score (nSPS) is 10.4. The number of nitrogens with two attached hydrogens (primary N) is 1. The average molecular weight is 213 g/mol. The summed E-state index contributed by atoms with van der Waals surface area (Å²) in [5.41, 5.74) is 5.50. The van der Waals surface area contributed by atoms with Gasteiger partial charge >= 0.3 is 0 Å². The van der Waals surface area contributed by atoms with Gasteiger partial charge in [0.15, 0.2) is 5.82 Å². The van der Waals surface area contributed by atoms with Crippen molar-refractivity contribution in [1.82, 2.24) is 9.55 Å². The van der Waals surface area contributed by atoms with Crippen LogP contribution in [0.4, 0.5) is 0 Å². The summed E-state index contributed by atoms with van der Waals surface area (Å²) in [5, 5.41) is 0. The zero-order valence-corrected chi connectivity index (χ0v) is 9.09. The van der Waals surface area contributed by atoms with Crippen molar-refractivity contribution in [2.24, 2.45) is 5.73 Å². The van der Waals surface area contributed by atoms with Crippen LogP contribution in [-0.4, -0.2) is 27.8 Å². The number of nitrogens with zero attached hydrogens (tertiary/aromatic N) is 2. The summed E-state index contributed by atoms with van der Waals surface area (Å²) in [6.45, 7) is 4.28. The summed E-state index contributed by atoms with van der Waals surface area (Å²) in [6, 6.07) is 0. The SMILES string of the molecule is CCCOCCn1ccnc1C(N)=S. The minimum absolute atomic E-state index is 0.325. The Bertz CT molecular complexity index is 298. The van der Waals surface area contributed by atoms with Gasteiger partial charge in [-0.3, -0.25) is 0 Å². The van der Waals surface area contributed by atoms with E-state index < -0.39 is 0 Å². The lowest BCUT2D eigenvalue weighted by molar-refractivity contribution is 0.127. The summed E-state index contributed by atoms with van der Waals surface area (Å²) in [5.74, 6) is 0.653. The highest BCUT2D eigenvalue weighted by atomic mass is 32.1. The number of aromatic nitrogens is 2. The van der Waals surface area contributed by atoms with Crippen molar-refractivity contribution in [2.75, 3.05) is 13.2 Å². The van der Waals surface area contributed by atoms with Crippen LogP contribution >= 0.6 is 12.2 Å². The van der Waals surface area contributed by atoms with Gasteiger partial charge in [-0.25, -0.2) is 4.98 Å². The highest BCUT2D eigenvalue weighted by molar-refractivity contribution is 7.80. The van der Waals surface area contributed by atoms with Crippen LogP contribution in [0.3, 0.4) is 0 Å². The minimum Gasteiger partial charge on any atom is -0.387 e. The standard InChI is InChI=1S/C9H15N3OS/c1-2-6-13-7-5-12-4-3-11-9(12)8(10)14/h3-4H,2,5-7H2,1H3,(H2,10,14). The van der Waals surface area contributed by atoms with E-state index in [1.54, 1.807) is 6.20 Å². The van der Waals surface area contributed by atoms with Crippen LogP contribution < -0.4 is 5.73 Å². The van der Waals surface area contributed by atoms with Gasteiger partial charge in [0.05, 0.1) is 6.61 Å². The molecule has 1 aromatic heterocycles. The predicted octanol–water partition coefficient (Wildman–Crippen LogP) is 0.944. The third kappa shape index (κ3) is 3.08. The number of hydrogen-bond acceptors (Lipinski definition) is 3. The van der Waals surface area contributed by atoms with E-state index in [1.165, 1.54) is 0 Å². The molecule has 0 aromatic carbocycles. The Balaban J connectivity index is 2.42. The second-order valence-corrected chi connectivity index (χ2v) is 3.36. The van der Waals surface area contributed by atoms with Gasteiger partial charge in [-0.05, 0) is 6.42 Å². The lowest BCUT2D eigenvalue weighted by Gasteiger charge is -2.06. The number of thiocarbonyl (C=S) groups is 1. The van der Waals surface area contributed by atoms with Crippen LogP contribution in [0, 0.1) is 0 Å². The molecule has 14 heavy (non-hydrogen) atoms. The molecule has 1 rings (SSSR count). The van der Waals surface area contributed by atoms with E-state index >= 15 is 0 Å². The molecule has 0 bridgehead atoms. The fourth-order valence-corrected chi connectivity index (χ4v) is 1.29. The molecule has 78 valence electrons. The van der Waals surface area contributed by atoms with Crippen LogP contribution in [0.2, 0.25) is 0 Å². The maximum absolute atomic E-state index is 5.50. The highest BCUT2D eigenvalue weighted by Crippen LogP contribution is 1.97. The Hall–Kier alpha value is -0.940. The quantitative estimate of drug-likeness (QED) is 0.564. The maximum atomic E-state index is 5.50. The molecule has 0 saturated heterocycles. The Morgan fingerprint density at radius 2 is 2.43 bits per heavy atom. The van der Waals surface area contributed by atoms with Crippen molar-refractivity contribution in [3.05, 3.63) is 18.2 Å². The van der Waals surface area contributed by atoms with Crippen LogP contribution in [-0.2, 0) is 11.3 Å². The molecule has 0 radical (unpaired) electrons. The second kappa shape index (κ2) is 5.72. The third-order valence-electron chi connectivity index (χ3n) is 1.76. The third-order valence-corrected chi connectivity index (χ3v) is 1.94. The number of hydrogen-bond donors (Lipinski definition) is 1. The lowest BCUT2D eigenvalue weighted by atomic mass is 10.5. The Morgan fingerprint density at radius 3 is 3.07 bits per heavy atom. The van der Waals surface area contributed by atoms with E-state index in [9.17, 15) is 0 Å². The van der Waals surface area contributed by atoms with Gasteiger partial charge in [-0.2, -0.15) is 0 Å². The van der Waals surface area contributed by atoms with Crippen LogP contribution in [0.5, 0.6) is 0 Å². The molecule has 0 spiro atoms. The molecule has 2 N–H and O–H groups in total. The monoisotopic (exact) mass is 213 g/mol. The largest absolute Gasteiger partial charge is 0.387 e. The zero-order chi connectivity index (χ0) is 10.4. The van der Waals surface area contributed by atoms with Crippen molar-refractivity contribution in [2.45, 2.75) is 19.9 Å². The topological polar surface area (TPSA) is 53.1 Å². The average Bonchev–Trinajstić information content (AvgIpc) is 2.60. The van der Waals surface area contributed by atoms with Gasteiger partial charge in [0, 0.05) is 25.5 Å². The van der Waals surface area contributed by atoms with Gasteiger partial charge < -0.3 is 15.0 Å². The smallest absolute Gasteiger partial charge is 0.167 e. The van der Waals surface area contributed by atoms with Crippen LogP contribution in [0.15, 0.2) is 12.4 Å². The van der Waals surface area contributed by atoms with Crippen molar-refractivity contribution < 1.29 is 4.74 Å². The number of imidazole rings is 1. The fraction of sp³-hybridized carbons (Fsp3) is 0.556. The van der Waals surface area contributed by atoms with Crippen molar-refractivity contribution in [1.29, 1.82) is 0 Å². The molecule has 0 aliphatic rings. The van der Waals surface area contributed by atoms with E-state index in [0.29, 0.717) is 17.4 Å². The molecule has 4 nitrogen and oxygen atoms in total. The second-order valence-electron chi connectivity index (χ2n) is 2.92. The summed E-state index contributed by atoms with van der Waals surface area (Å²) in [7, 11) is 0. The van der Waals surface area contributed by atoms with Gasteiger partial charge in [0.1, 0.15) is 4.99 Å². The molecule has 0 aliphatic heterocycles. The first-order chi connectivity index (χ1) is 6.75. The van der Waals surface area contributed by atoms with Crippen LogP contribution in [0.1, 0.15) is 19.2 Å². The highest BCUT2D eigenvalue weighted by Gasteiger charge is 2.04. The molecule has 1 heterocycles. The molecular formula is C9H15N3OS. The molecule has 0 fully saturated rings. The Labute approximate surface area is 89.1 Å². The van der Waals surface area contributed by atoms with Gasteiger partial charge in [-0.1, -0.05) is 19.1 Å². The summed E-state index contributed by atoms with van der Waals surface area (Å²) < 4.78 is 7.26. The molecule has 0 amide bonds. The molecule has 5 heteroatoms.